The third-order valence-corrected chi connectivity index (χ3v) is 3.12. The Bertz CT molecular complexity index is 395. The van der Waals surface area contributed by atoms with Crippen LogP contribution in [0.3, 0.4) is 0 Å². The van der Waals surface area contributed by atoms with Crippen molar-refractivity contribution in [1.29, 1.82) is 0 Å². The van der Waals surface area contributed by atoms with Crippen molar-refractivity contribution in [3.05, 3.63) is 27.2 Å². The van der Waals surface area contributed by atoms with Crippen molar-refractivity contribution in [2.24, 2.45) is 0 Å². The van der Waals surface area contributed by atoms with Crippen LogP contribution >= 0.6 is 46.4 Å². The molecule has 1 aromatic rings. The van der Waals surface area contributed by atoms with Crippen LogP contribution < -0.4 is 5.32 Å². The van der Waals surface area contributed by atoms with E-state index in [0.717, 1.165) is 0 Å². The predicted octanol–water partition coefficient (Wildman–Crippen LogP) is 4.60. The van der Waals surface area contributed by atoms with Crippen LogP contribution in [0.5, 0.6) is 0 Å². The number of hydrogen-bond acceptors (Lipinski definition) is 1. The Morgan fingerprint density at radius 2 is 1.75 bits per heavy atom. The van der Waals surface area contributed by atoms with Gasteiger partial charge in [0.15, 0.2) is 0 Å². The molecule has 2 nitrogen and oxygen atoms in total. The second-order valence-electron chi connectivity index (χ2n) is 3.09. The van der Waals surface area contributed by atoms with Gasteiger partial charge in [-0.25, -0.2) is 0 Å². The molecule has 6 heteroatoms. The van der Waals surface area contributed by atoms with Crippen LogP contribution in [0, 0.1) is 0 Å². The molecule has 0 aliphatic carbocycles. The summed E-state index contributed by atoms with van der Waals surface area (Å²) in [6.45, 7) is 0. The molecule has 1 rings (SSSR count). The van der Waals surface area contributed by atoms with Crippen LogP contribution in [0.4, 0.5) is 5.69 Å². The molecule has 0 spiro atoms. The Kier molecular flexibility index (Phi) is 5.70. The first-order valence-electron chi connectivity index (χ1n) is 4.55. The number of hydrogen-bond donors (Lipinski definition) is 1. The van der Waals surface area contributed by atoms with E-state index >= 15 is 0 Å². The molecule has 1 N–H and O–H groups in total. The molecule has 16 heavy (non-hydrogen) atoms. The van der Waals surface area contributed by atoms with Gasteiger partial charge >= 0.3 is 0 Å². The Hall–Kier alpha value is -0.150. The molecule has 0 heterocycles. The third kappa shape index (κ3) is 4.02. The van der Waals surface area contributed by atoms with E-state index in [0.29, 0.717) is 39.5 Å². The number of carbonyl (C=O) groups is 1. The maximum Gasteiger partial charge on any atom is 0.224 e. The van der Waals surface area contributed by atoms with Gasteiger partial charge < -0.3 is 5.32 Å². The lowest BCUT2D eigenvalue weighted by Crippen LogP contribution is -2.11. The molecule has 0 saturated heterocycles. The highest BCUT2D eigenvalue weighted by Crippen LogP contribution is 2.32. The van der Waals surface area contributed by atoms with Crippen molar-refractivity contribution in [3.63, 3.8) is 0 Å². The summed E-state index contributed by atoms with van der Waals surface area (Å²) in [5, 5.41) is 3.69. The zero-order valence-corrected chi connectivity index (χ0v) is 11.2. The molecule has 0 aliphatic heterocycles. The van der Waals surface area contributed by atoms with Crippen molar-refractivity contribution in [3.8, 4) is 0 Å². The molecule has 0 aliphatic rings. The first-order chi connectivity index (χ1) is 7.54. The number of anilines is 1. The molecule has 1 amide bonds. The lowest BCUT2D eigenvalue weighted by molar-refractivity contribution is -0.116. The number of amides is 1. The lowest BCUT2D eigenvalue weighted by atomic mass is 10.3. The summed E-state index contributed by atoms with van der Waals surface area (Å²) in [6, 6.07) is 3.01. The number of alkyl halides is 1. The fourth-order valence-electron chi connectivity index (χ4n) is 1.06. The molecular formula is C10H9Cl4NO. The van der Waals surface area contributed by atoms with Crippen molar-refractivity contribution >= 4 is 58.0 Å². The predicted molar refractivity (Wildman–Crippen MR) is 70.1 cm³/mol. The van der Waals surface area contributed by atoms with E-state index in [-0.39, 0.29) is 5.91 Å². The Morgan fingerprint density at radius 3 is 2.38 bits per heavy atom. The fraction of sp³-hybridized carbons (Fsp3) is 0.300. The van der Waals surface area contributed by atoms with Crippen LogP contribution in [-0.2, 0) is 4.79 Å². The summed E-state index contributed by atoms with van der Waals surface area (Å²) >= 11 is 22.9. The number of rotatable bonds is 4. The molecule has 0 saturated carbocycles. The second kappa shape index (κ2) is 6.55. The van der Waals surface area contributed by atoms with Gasteiger partial charge in [0.1, 0.15) is 0 Å². The van der Waals surface area contributed by atoms with E-state index in [1.165, 1.54) is 12.1 Å². The van der Waals surface area contributed by atoms with Gasteiger partial charge in [0.2, 0.25) is 5.91 Å². The fourth-order valence-corrected chi connectivity index (χ4v) is 1.79. The third-order valence-electron chi connectivity index (χ3n) is 1.82. The largest absolute Gasteiger partial charge is 0.325 e. The monoisotopic (exact) mass is 299 g/mol. The van der Waals surface area contributed by atoms with E-state index in [9.17, 15) is 4.79 Å². The van der Waals surface area contributed by atoms with Crippen LogP contribution in [0.2, 0.25) is 15.1 Å². The maximum absolute atomic E-state index is 11.4. The number of nitrogens with one attached hydrogen (secondary N) is 1. The van der Waals surface area contributed by atoms with Gasteiger partial charge in [0.05, 0.1) is 20.8 Å². The van der Waals surface area contributed by atoms with Gasteiger partial charge in [-0.15, -0.1) is 11.6 Å². The average molecular weight is 301 g/mol. The zero-order valence-electron chi connectivity index (χ0n) is 8.20. The quantitative estimate of drug-likeness (QED) is 0.639. The highest BCUT2D eigenvalue weighted by Gasteiger charge is 2.08. The van der Waals surface area contributed by atoms with Gasteiger partial charge in [0, 0.05) is 12.3 Å². The van der Waals surface area contributed by atoms with E-state index in [1.54, 1.807) is 0 Å². The van der Waals surface area contributed by atoms with Gasteiger partial charge in [-0.3, -0.25) is 4.79 Å². The first kappa shape index (κ1) is 13.9. The molecule has 0 unspecified atom stereocenters. The summed E-state index contributed by atoms with van der Waals surface area (Å²) in [4.78, 5) is 11.4. The van der Waals surface area contributed by atoms with Crippen LogP contribution in [0.1, 0.15) is 12.8 Å². The Morgan fingerprint density at radius 1 is 1.12 bits per heavy atom. The Labute approximate surface area is 114 Å². The number of carbonyl (C=O) groups excluding carboxylic acids is 1. The topological polar surface area (TPSA) is 29.1 Å². The highest BCUT2D eigenvalue weighted by molar-refractivity contribution is 6.44. The summed E-state index contributed by atoms with van der Waals surface area (Å²) < 4.78 is 0. The normalized spacial score (nSPS) is 10.2. The SMILES string of the molecule is O=C(CCCCl)Nc1cc(Cl)c(Cl)cc1Cl. The highest BCUT2D eigenvalue weighted by atomic mass is 35.5. The molecule has 0 radical (unpaired) electrons. The van der Waals surface area contributed by atoms with Gasteiger partial charge in [-0.05, 0) is 18.6 Å². The molecule has 1 aromatic carbocycles. The second-order valence-corrected chi connectivity index (χ2v) is 4.69. The minimum Gasteiger partial charge on any atom is -0.325 e. The molecule has 0 bridgehead atoms. The number of halogens is 4. The van der Waals surface area contributed by atoms with Crippen molar-refractivity contribution in [2.75, 3.05) is 11.2 Å². The summed E-state index contributed by atoms with van der Waals surface area (Å²) in [7, 11) is 0. The summed E-state index contributed by atoms with van der Waals surface area (Å²) in [5.74, 6) is 0.295. The van der Waals surface area contributed by atoms with Gasteiger partial charge in [-0.1, -0.05) is 34.8 Å². The molecular weight excluding hydrogens is 292 g/mol. The summed E-state index contributed by atoms with van der Waals surface area (Å²) in [6.07, 6.45) is 0.965. The lowest BCUT2D eigenvalue weighted by Gasteiger charge is -2.08. The van der Waals surface area contributed by atoms with Crippen LogP contribution in [0.15, 0.2) is 12.1 Å². The van der Waals surface area contributed by atoms with Crippen molar-refractivity contribution < 1.29 is 4.79 Å². The van der Waals surface area contributed by atoms with Crippen LogP contribution in [-0.4, -0.2) is 11.8 Å². The van der Waals surface area contributed by atoms with E-state index in [1.807, 2.05) is 0 Å². The van der Waals surface area contributed by atoms with Crippen molar-refractivity contribution in [1.82, 2.24) is 0 Å². The average Bonchev–Trinajstić information content (AvgIpc) is 2.23. The van der Waals surface area contributed by atoms with E-state index in [4.69, 9.17) is 46.4 Å². The minimum absolute atomic E-state index is 0.152. The smallest absolute Gasteiger partial charge is 0.224 e. The Balaban J connectivity index is 2.73. The minimum atomic E-state index is -0.152. The summed E-state index contributed by atoms with van der Waals surface area (Å²) in [5.41, 5.74) is 0.454. The molecule has 0 atom stereocenters. The van der Waals surface area contributed by atoms with E-state index < -0.39 is 0 Å². The number of benzene rings is 1. The standard InChI is InChI=1S/C10H9Cl4NO/c11-3-1-2-10(16)15-9-5-7(13)6(12)4-8(9)14/h4-5H,1-3H2,(H,15,16). The van der Waals surface area contributed by atoms with Crippen molar-refractivity contribution in [2.45, 2.75) is 12.8 Å². The molecule has 88 valence electrons. The van der Waals surface area contributed by atoms with Crippen LogP contribution in [0.25, 0.3) is 0 Å². The van der Waals surface area contributed by atoms with Gasteiger partial charge in [0.25, 0.3) is 0 Å². The molecule has 0 fully saturated rings. The zero-order chi connectivity index (χ0) is 12.1. The maximum atomic E-state index is 11.4. The van der Waals surface area contributed by atoms with E-state index in [2.05, 4.69) is 5.32 Å². The molecule has 0 aromatic heterocycles. The first-order valence-corrected chi connectivity index (χ1v) is 6.22. The van der Waals surface area contributed by atoms with Gasteiger partial charge in [-0.2, -0.15) is 0 Å².